The maximum absolute atomic E-state index is 12.6. The van der Waals surface area contributed by atoms with E-state index in [1.54, 1.807) is 6.07 Å². The van der Waals surface area contributed by atoms with Gasteiger partial charge in [-0.15, -0.1) is 12.4 Å². The lowest BCUT2D eigenvalue weighted by Gasteiger charge is -2.34. The van der Waals surface area contributed by atoms with Crippen molar-refractivity contribution in [2.45, 2.75) is 23.3 Å². The summed E-state index contributed by atoms with van der Waals surface area (Å²) >= 11 is 0. The third-order valence-corrected chi connectivity index (χ3v) is 5.65. The largest absolute Gasteiger partial charge is 0.468 e. The summed E-state index contributed by atoms with van der Waals surface area (Å²) in [4.78, 5) is 23.7. The summed E-state index contributed by atoms with van der Waals surface area (Å²) in [6, 6.07) is 5.78. The number of hydrogen-bond donors (Lipinski definition) is 3. The van der Waals surface area contributed by atoms with Crippen LogP contribution in [-0.4, -0.2) is 59.7 Å². The van der Waals surface area contributed by atoms with Gasteiger partial charge in [0.2, 0.25) is 10.0 Å². The zero-order valence-corrected chi connectivity index (χ0v) is 16.7. The van der Waals surface area contributed by atoms with Crippen molar-refractivity contribution in [3.8, 4) is 0 Å². The van der Waals surface area contributed by atoms with Crippen LogP contribution in [0.3, 0.4) is 0 Å². The molecule has 1 aromatic carbocycles. The highest BCUT2D eigenvalue weighted by Gasteiger charge is 2.39. The summed E-state index contributed by atoms with van der Waals surface area (Å²) in [6.45, 7) is 0.843. The van der Waals surface area contributed by atoms with E-state index in [1.807, 2.05) is 0 Å². The van der Waals surface area contributed by atoms with Crippen LogP contribution < -0.4 is 15.4 Å². The van der Waals surface area contributed by atoms with Crippen molar-refractivity contribution >= 4 is 40.0 Å². The maximum atomic E-state index is 12.6. The van der Waals surface area contributed by atoms with E-state index in [0.29, 0.717) is 31.6 Å². The number of sulfonamides is 1. The number of methoxy groups -OCH3 is 2. The lowest BCUT2D eigenvalue weighted by atomic mass is 9.91. The van der Waals surface area contributed by atoms with E-state index in [2.05, 4.69) is 20.1 Å². The number of nitrogens with one attached hydrogen (secondary N) is 3. The van der Waals surface area contributed by atoms with Gasteiger partial charge in [-0.2, -0.15) is 4.72 Å². The smallest absolute Gasteiger partial charge is 0.320 e. The van der Waals surface area contributed by atoms with Crippen LogP contribution in [0.1, 0.15) is 12.8 Å². The summed E-state index contributed by atoms with van der Waals surface area (Å²) in [5.74, 6) is -1.02. The third-order valence-electron chi connectivity index (χ3n) is 4.25. The minimum absolute atomic E-state index is 0. The Labute approximate surface area is 164 Å². The number of rotatable bonds is 7. The second kappa shape index (κ2) is 10.00. The second-order valence-electron chi connectivity index (χ2n) is 5.83. The lowest BCUT2D eigenvalue weighted by Crippen LogP contribution is -2.51. The standard InChI is InChI=1S/C16H23N3O6S.ClH/c1-24-14(20)11-18-26(22,23)13-5-3-4-12(10-13)19-15(21)16(25-2)6-8-17-9-7-16;/h3-5,10,17-18H,6-9,11H2,1-2H3,(H,19,21);1H. The minimum atomic E-state index is -3.91. The molecule has 0 saturated carbocycles. The molecule has 9 nitrogen and oxygen atoms in total. The molecule has 0 aliphatic carbocycles. The molecule has 1 saturated heterocycles. The van der Waals surface area contributed by atoms with Gasteiger partial charge in [0, 0.05) is 12.8 Å². The van der Waals surface area contributed by atoms with Crippen molar-refractivity contribution < 1.29 is 27.5 Å². The Kier molecular flexibility index (Phi) is 8.63. The average molecular weight is 422 g/mol. The van der Waals surface area contributed by atoms with Gasteiger partial charge >= 0.3 is 5.97 Å². The predicted molar refractivity (Wildman–Crippen MR) is 101 cm³/mol. The van der Waals surface area contributed by atoms with Crippen LogP contribution in [0, 0.1) is 0 Å². The van der Waals surface area contributed by atoms with E-state index >= 15 is 0 Å². The molecule has 1 amide bonds. The number of benzene rings is 1. The third kappa shape index (κ3) is 5.88. The molecule has 27 heavy (non-hydrogen) atoms. The number of anilines is 1. The Hall–Kier alpha value is -1.72. The SMILES string of the molecule is COC(=O)CNS(=O)(=O)c1cccc(NC(=O)C2(OC)CCNCC2)c1.Cl. The lowest BCUT2D eigenvalue weighted by molar-refractivity contribution is -0.141. The zero-order chi connectivity index (χ0) is 19.2. The van der Waals surface area contributed by atoms with Crippen LogP contribution in [0.25, 0.3) is 0 Å². The van der Waals surface area contributed by atoms with E-state index in [0.717, 1.165) is 0 Å². The van der Waals surface area contributed by atoms with E-state index in [9.17, 15) is 18.0 Å². The molecule has 0 aromatic heterocycles. The molecule has 1 aliphatic rings. The number of carbonyl (C=O) groups excluding carboxylic acids is 2. The fraction of sp³-hybridized carbons (Fsp3) is 0.500. The Bertz CT molecular complexity index is 765. The number of amides is 1. The van der Waals surface area contributed by atoms with Crippen LogP contribution >= 0.6 is 12.4 Å². The van der Waals surface area contributed by atoms with E-state index in [-0.39, 0.29) is 23.2 Å². The van der Waals surface area contributed by atoms with Gasteiger partial charge in [-0.05, 0) is 44.1 Å². The molecular weight excluding hydrogens is 398 g/mol. The Morgan fingerprint density at radius 2 is 1.89 bits per heavy atom. The number of carbonyl (C=O) groups is 2. The normalized spacial score (nSPS) is 16.1. The van der Waals surface area contributed by atoms with Crippen LogP contribution in [0.2, 0.25) is 0 Å². The van der Waals surface area contributed by atoms with Gasteiger partial charge in [0.1, 0.15) is 12.1 Å². The average Bonchev–Trinajstić information content (AvgIpc) is 2.66. The maximum Gasteiger partial charge on any atom is 0.320 e. The fourth-order valence-corrected chi connectivity index (χ4v) is 3.66. The molecule has 2 rings (SSSR count). The van der Waals surface area contributed by atoms with Crippen LogP contribution in [0.4, 0.5) is 5.69 Å². The van der Waals surface area contributed by atoms with Gasteiger partial charge in [-0.25, -0.2) is 8.42 Å². The first-order valence-corrected chi connectivity index (χ1v) is 9.55. The van der Waals surface area contributed by atoms with E-state index in [4.69, 9.17) is 4.74 Å². The van der Waals surface area contributed by atoms with Gasteiger partial charge in [-0.1, -0.05) is 6.07 Å². The fourth-order valence-electron chi connectivity index (χ4n) is 2.65. The van der Waals surface area contributed by atoms with Crippen molar-refractivity contribution in [3.63, 3.8) is 0 Å². The van der Waals surface area contributed by atoms with Crippen LogP contribution in [-0.2, 0) is 29.1 Å². The molecule has 0 unspecified atom stereocenters. The molecular formula is C16H24ClN3O6S. The number of esters is 1. The molecule has 0 spiro atoms. The van der Waals surface area contributed by atoms with Gasteiger partial charge in [0.25, 0.3) is 5.91 Å². The molecule has 1 aromatic rings. The Morgan fingerprint density at radius 1 is 1.22 bits per heavy atom. The Balaban J connectivity index is 0.00000364. The highest BCUT2D eigenvalue weighted by atomic mass is 35.5. The monoisotopic (exact) mass is 421 g/mol. The minimum Gasteiger partial charge on any atom is -0.468 e. The predicted octanol–water partition coefficient (Wildman–Crippen LogP) is 0.267. The number of halogens is 1. The summed E-state index contributed by atoms with van der Waals surface area (Å²) in [5.41, 5.74) is -0.616. The summed E-state index contributed by atoms with van der Waals surface area (Å²) in [6.07, 6.45) is 1.04. The molecule has 1 heterocycles. The molecule has 0 atom stereocenters. The molecule has 3 N–H and O–H groups in total. The number of piperidine rings is 1. The molecule has 1 aliphatic heterocycles. The van der Waals surface area contributed by atoms with Gasteiger partial charge < -0.3 is 20.1 Å². The molecule has 0 radical (unpaired) electrons. The molecule has 0 bridgehead atoms. The molecule has 1 fully saturated rings. The molecule has 11 heteroatoms. The van der Waals surface area contributed by atoms with E-state index < -0.39 is 28.1 Å². The summed E-state index contributed by atoms with van der Waals surface area (Å²) in [5, 5.41) is 5.88. The van der Waals surface area contributed by atoms with Gasteiger partial charge in [0.15, 0.2) is 0 Å². The highest BCUT2D eigenvalue weighted by Crippen LogP contribution is 2.25. The van der Waals surface area contributed by atoms with Crippen molar-refractivity contribution in [1.29, 1.82) is 0 Å². The Morgan fingerprint density at radius 3 is 2.48 bits per heavy atom. The van der Waals surface area contributed by atoms with E-state index in [1.165, 1.54) is 32.4 Å². The second-order valence-corrected chi connectivity index (χ2v) is 7.60. The van der Waals surface area contributed by atoms with Crippen molar-refractivity contribution in [1.82, 2.24) is 10.0 Å². The van der Waals surface area contributed by atoms with Crippen LogP contribution in [0.5, 0.6) is 0 Å². The van der Waals surface area contributed by atoms with Crippen LogP contribution in [0.15, 0.2) is 29.2 Å². The highest BCUT2D eigenvalue weighted by molar-refractivity contribution is 7.89. The first kappa shape index (κ1) is 23.3. The summed E-state index contributed by atoms with van der Waals surface area (Å²) < 4.78 is 36.5. The first-order valence-electron chi connectivity index (χ1n) is 8.07. The van der Waals surface area contributed by atoms with Gasteiger partial charge in [0.05, 0.1) is 12.0 Å². The van der Waals surface area contributed by atoms with Crippen molar-refractivity contribution in [3.05, 3.63) is 24.3 Å². The van der Waals surface area contributed by atoms with Gasteiger partial charge in [-0.3, -0.25) is 9.59 Å². The zero-order valence-electron chi connectivity index (χ0n) is 15.1. The summed E-state index contributed by atoms with van der Waals surface area (Å²) in [7, 11) is -1.26. The quantitative estimate of drug-likeness (QED) is 0.540. The topological polar surface area (TPSA) is 123 Å². The first-order chi connectivity index (χ1) is 12.3. The number of ether oxygens (including phenoxy) is 2. The van der Waals surface area contributed by atoms with Crippen molar-refractivity contribution in [2.75, 3.05) is 39.2 Å². The number of hydrogen-bond acceptors (Lipinski definition) is 7. The van der Waals surface area contributed by atoms with Crippen molar-refractivity contribution in [2.24, 2.45) is 0 Å². The molecule has 152 valence electrons.